The van der Waals surface area contributed by atoms with E-state index in [1.54, 1.807) is 6.92 Å². The van der Waals surface area contributed by atoms with Crippen LogP contribution in [0.4, 0.5) is 0 Å². The van der Waals surface area contributed by atoms with Crippen LogP contribution in [0, 0.1) is 0 Å². The normalized spacial score (nSPS) is 20.3. The van der Waals surface area contributed by atoms with Crippen molar-refractivity contribution in [3.05, 3.63) is 0 Å². The number of rotatable bonds is 2. The highest BCUT2D eigenvalue weighted by Crippen LogP contribution is 2.07. The first-order chi connectivity index (χ1) is 7.57. The lowest BCUT2D eigenvalue weighted by molar-refractivity contribution is -0.165. The number of nitrogens with zero attached hydrogens (tertiary/aromatic N) is 1. The van der Waals surface area contributed by atoms with Gasteiger partial charge in [0.05, 0.1) is 19.8 Å². The Hall–Kier alpha value is -1.63. The highest BCUT2D eigenvalue weighted by atomic mass is 16.5. The van der Waals surface area contributed by atoms with Crippen molar-refractivity contribution >= 4 is 17.8 Å². The largest absolute Gasteiger partial charge is 0.459 e. The van der Waals surface area contributed by atoms with E-state index in [1.165, 1.54) is 0 Å². The van der Waals surface area contributed by atoms with Crippen LogP contribution in [0.25, 0.3) is 0 Å². The van der Waals surface area contributed by atoms with Gasteiger partial charge in [0.2, 0.25) is 5.91 Å². The van der Waals surface area contributed by atoms with Gasteiger partial charge in [-0.15, -0.1) is 0 Å². The second-order valence-corrected chi connectivity index (χ2v) is 3.21. The standard InChI is InChI=1S/C9H14N2O5/c1-2-16-9(14)8(13)11-3-4-15-5-6(11)7(10)12/h6H,2-5H2,1H3,(H2,10,12). The number of hydrogen-bond donors (Lipinski definition) is 1. The van der Waals surface area contributed by atoms with E-state index in [2.05, 4.69) is 4.74 Å². The number of nitrogens with two attached hydrogens (primary N) is 1. The predicted molar refractivity (Wildman–Crippen MR) is 52.1 cm³/mol. The number of morpholine rings is 1. The lowest BCUT2D eigenvalue weighted by Crippen LogP contribution is -2.56. The molecule has 1 heterocycles. The molecule has 1 aliphatic heterocycles. The third kappa shape index (κ3) is 2.69. The van der Waals surface area contributed by atoms with Crippen LogP contribution in [-0.2, 0) is 23.9 Å². The Morgan fingerprint density at radius 2 is 2.19 bits per heavy atom. The van der Waals surface area contributed by atoms with Crippen molar-refractivity contribution in [2.45, 2.75) is 13.0 Å². The molecule has 1 atom stereocenters. The van der Waals surface area contributed by atoms with Crippen LogP contribution in [-0.4, -0.2) is 55.1 Å². The summed E-state index contributed by atoms with van der Waals surface area (Å²) in [5.41, 5.74) is 5.10. The molecule has 1 saturated heterocycles. The summed E-state index contributed by atoms with van der Waals surface area (Å²) in [5.74, 6) is -2.53. The quantitative estimate of drug-likeness (QED) is 0.448. The minimum Gasteiger partial charge on any atom is -0.459 e. The zero-order valence-electron chi connectivity index (χ0n) is 8.97. The van der Waals surface area contributed by atoms with Crippen molar-refractivity contribution in [2.24, 2.45) is 5.73 Å². The number of hydrogen-bond acceptors (Lipinski definition) is 5. The fourth-order valence-electron chi connectivity index (χ4n) is 1.39. The topological polar surface area (TPSA) is 98.9 Å². The lowest BCUT2D eigenvalue weighted by atomic mass is 10.2. The molecule has 90 valence electrons. The van der Waals surface area contributed by atoms with Crippen molar-refractivity contribution in [3.8, 4) is 0 Å². The van der Waals surface area contributed by atoms with Crippen LogP contribution < -0.4 is 5.73 Å². The van der Waals surface area contributed by atoms with E-state index in [0.717, 1.165) is 4.90 Å². The Balaban J connectivity index is 2.71. The molecule has 7 nitrogen and oxygen atoms in total. The highest BCUT2D eigenvalue weighted by molar-refractivity contribution is 6.32. The molecule has 16 heavy (non-hydrogen) atoms. The van der Waals surface area contributed by atoms with Gasteiger partial charge in [-0.1, -0.05) is 0 Å². The third-order valence-corrected chi connectivity index (χ3v) is 2.17. The number of carbonyl (C=O) groups excluding carboxylic acids is 3. The summed E-state index contributed by atoms with van der Waals surface area (Å²) in [4.78, 5) is 34.9. The Morgan fingerprint density at radius 1 is 1.50 bits per heavy atom. The van der Waals surface area contributed by atoms with Gasteiger partial charge < -0.3 is 20.1 Å². The Bertz CT molecular complexity index is 304. The monoisotopic (exact) mass is 230 g/mol. The second kappa shape index (κ2) is 5.45. The van der Waals surface area contributed by atoms with Crippen LogP contribution in [0.2, 0.25) is 0 Å². The fourth-order valence-corrected chi connectivity index (χ4v) is 1.39. The first kappa shape index (κ1) is 12.4. The summed E-state index contributed by atoms with van der Waals surface area (Å²) >= 11 is 0. The molecule has 1 fully saturated rings. The van der Waals surface area contributed by atoms with Gasteiger partial charge in [0.1, 0.15) is 6.04 Å². The molecule has 0 aromatic heterocycles. The number of primary amides is 1. The van der Waals surface area contributed by atoms with Crippen LogP contribution in [0.3, 0.4) is 0 Å². The van der Waals surface area contributed by atoms with Crippen molar-refractivity contribution in [1.29, 1.82) is 0 Å². The maximum atomic E-state index is 11.6. The Labute approximate surface area is 92.5 Å². The van der Waals surface area contributed by atoms with Crippen LogP contribution in [0.1, 0.15) is 6.92 Å². The average molecular weight is 230 g/mol. The molecule has 0 saturated carbocycles. The average Bonchev–Trinajstić information content (AvgIpc) is 2.28. The van der Waals surface area contributed by atoms with Crippen LogP contribution in [0.15, 0.2) is 0 Å². The molecule has 0 radical (unpaired) electrons. The predicted octanol–water partition coefficient (Wildman–Crippen LogP) is -1.74. The number of carbonyl (C=O) groups is 3. The molecule has 0 bridgehead atoms. The molecule has 1 unspecified atom stereocenters. The van der Waals surface area contributed by atoms with Gasteiger partial charge in [0.25, 0.3) is 0 Å². The summed E-state index contributed by atoms with van der Waals surface area (Å²) in [7, 11) is 0. The molecule has 2 N–H and O–H groups in total. The molecule has 7 heteroatoms. The summed E-state index contributed by atoms with van der Waals surface area (Å²) in [6, 6.07) is -0.898. The van der Waals surface area contributed by atoms with E-state index in [4.69, 9.17) is 10.5 Å². The zero-order valence-corrected chi connectivity index (χ0v) is 8.97. The first-order valence-electron chi connectivity index (χ1n) is 4.92. The fraction of sp³-hybridized carbons (Fsp3) is 0.667. The van der Waals surface area contributed by atoms with Gasteiger partial charge in [0, 0.05) is 6.54 Å². The van der Waals surface area contributed by atoms with Crippen molar-refractivity contribution < 1.29 is 23.9 Å². The van der Waals surface area contributed by atoms with E-state index in [-0.39, 0.29) is 26.4 Å². The maximum absolute atomic E-state index is 11.6. The van der Waals surface area contributed by atoms with Crippen molar-refractivity contribution in [2.75, 3.05) is 26.4 Å². The van der Waals surface area contributed by atoms with E-state index in [1.807, 2.05) is 0 Å². The summed E-state index contributed by atoms with van der Waals surface area (Å²) < 4.78 is 9.58. The highest BCUT2D eigenvalue weighted by Gasteiger charge is 2.35. The van der Waals surface area contributed by atoms with Crippen molar-refractivity contribution in [3.63, 3.8) is 0 Å². The lowest BCUT2D eigenvalue weighted by Gasteiger charge is -2.32. The van der Waals surface area contributed by atoms with Gasteiger partial charge in [-0.3, -0.25) is 9.59 Å². The van der Waals surface area contributed by atoms with Gasteiger partial charge in [0.15, 0.2) is 0 Å². The van der Waals surface area contributed by atoms with E-state index in [9.17, 15) is 14.4 Å². The van der Waals surface area contributed by atoms with Crippen LogP contribution in [0.5, 0.6) is 0 Å². The number of ether oxygens (including phenoxy) is 2. The summed E-state index contributed by atoms with van der Waals surface area (Å²) in [6.07, 6.45) is 0. The molecule has 1 aliphatic rings. The van der Waals surface area contributed by atoms with Gasteiger partial charge >= 0.3 is 11.9 Å². The van der Waals surface area contributed by atoms with E-state index < -0.39 is 23.8 Å². The second-order valence-electron chi connectivity index (χ2n) is 3.21. The SMILES string of the molecule is CCOC(=O)C(=O)N1CCOCC1C(N)=O. The third-order valence-electron chi connectivity index (χ3n) is 2.17. The van der Waals surface area contributed by atoms with E-state index >= 15 is 0 Å². The minimum atomic E-state index is -0.976. The Kier molecular flexibility index (Phi) is 4.24. The molecule has 0 spiro atoms. The molecule has 2 amide bonds. The van der Waals surface area contributed by atoms with Crippen molar-refractivity contribution in [1.82, 2.24) is 4.90 Å². The number of amides is 2. The molecule has 0 aliphatic carbocycles. The van der Waals surface area contributed by atoms with E-state index in [0.29, 0.717) is 0 Å². The molecule has 0 aromatic carbocycles. The Morgan fingerprint density at radius 3 is 2.75 bits per heavy atom. The molecule has 1 rings (SSSR count). The van der Waals surface area contributed by atoms with Gasteiger partial charge in [-0.25, -0.2) is 4.79 Å². The molecule has 0 aromatic rings. The van der Waals surface area contributed by atoms with Crippen LogP contribution >= 0.6 is 0 Å². The summed E-state index contributed by atoms with van der Waals surface area (Å²) in [5, 5.41) is 0. The van der Waals surface area contributed by atoms with Gasteiger partial charge in [-0.05, 0) is 6.92 Å². The first-order valence-corrected chi connectivity index (χ1v) is 4.92. The molecular formula is C9H14N2O5. The summed E-state index contributed by atoms with van der Waals surface area (Å²) in [6.45, 7) is 2.15. The number of esters is 1. The zero-order chi connectivity index (χ0) is 12.1. The van der Waals surface area contributed by atoms with Gasteiger partial charge in [-0.2, -0.15) is 0 Å². The molecular weight excluding hydrogens is 216 g/mol. The smallest absolute Gasteiger partial charge is 0.397 e. The minimum absolute atomic E-state index is 0.0144. The maximum Gasteiger partial charge on any atom is 0.397 e.